The number of hydrazine groups is 1. The predicted molar refractivity (Wildman–Crippen MR) is 132 cm³/mol. The fourth-order valence-corrected chi connectivity index (χ4v) is 3.77. The second-order valence-electron chi connectivity index (χ2n) is 8.06. The number of unbranched alkanes of at least 4 members (excludes halogenated alkanes) is 1. The minimum Gasteiger partial charge on any atom is -0.448 e. The standard InChI is InChI=1S/C24H20Cl3F7N2O3/c1-3-4-7-39-22(38)36(2)35-21(37)14-6-5-12(8-16(14)24(32,33)34)19(28)11-15(23(29,30)31)13-9-17(25)20(27)18(26)10-13/h5-6,8-11,15H,3-4,7H2,1-2H3,(H,35,37). The molecule has 0 aliphatic rings. The molecule has 15 heteroatoms. The molecule has 0 saturated heterocycles. The van der Waals surface area contributed by atoms with Crippen molar-refractivity contribution in [3.05, 3.63) is 73.7 Å². The van der Waals surface area contributed by atoms with E-state index >= 15 is 0 Å². The van der Waals surface area contributed by atoms with Crippen molar-refractivity contribution in [1.29, 1.82) is 0 Å². The molecule has 0 fully saturated rings. The van der Waals surface area contributed by atoms with E-state index in [9.17, 15) is 40.3 Å². The highest BCUT2D eigenvalue weighted by atomic mass is 35.5. The maximum Gasteiger partial charge on any atom is 0.428 e. The summed E-state index contributed by atoms with van der Waals surface area (Å²) < 4.78 is 102. The highest BCUT2D eigenvalue weighted by Crippen LogP contribution is 2.42. The van der Waals surface area contributed by atoms with Crippen LogP contribution in [0.1, 0.15) is 52.7 Å². The normalized spacial score (nSPS) is 13.2. The Bertz CT molecular complexity index is 1230. The van der Waals surface area contributed by atoms with E-state index in [0.717, 1.165) is 19.2 Å². The Kier molecular flexibility index (Phi) is 10.9. The van der Waals surface area contributed by atoms with Gasteiger partial charge in [0.1, 0.15) is 11.7 Å². The zero-order valence-corrected chi connectivity index (χ0v) is 22.4. The number of carbonyl (C=O) groups is 2. The Labute approximate surface area is 233 Å². The topological polar surface area (TPSA) is 58.6 Å². The molecule has 0 radical (unpaired) electrons. The second kappa shape index (κ2) is 13.1. The fraction of sp³-hybridized carbons (Fsp3) is 0.333. The van der Waals surface area contributed by atoms with Crippen molar-refractivity contribution >= 4 is 52.6 Å². The van der Waals surface area contributed by atoms with Crippen LogP contribution in [0.4, 0.5) is 35.5 Å². The van der Waals surface area contributed by atoms with Crippen LogP contribution >= 0.6 is 34.8 Å². The number of amides is 2. The summed E-state index contributed by atoms with van der Waals surface area (Å²) in [6.07, 6.45) is -10.1. The minimum absolute atomic E-state index is 0.0109. The molecule has 0 heterocycles. The molecule has 214 valence electrons. The highest BCUT2D eigenvalue weighted by Gasteiger charge is 2.41. The Morgan fingerprint density at radius 2 is 1.64 bits per heavy atom. The molecular formula is C24H20Cl3F7N2O3. The maximum absolute atomic E-state index is 15.0. The summed E-state index contributed by atoms with van der Waals surface area (Å²) in [5, 5.41) is -0.425. The van der Waals surface area contributed by atoms with Gasteiger partial charge in [-0.05, 0) is 42.3 Å². The van der Waals surface area contributed by atoms with Crippen molar-refractivity contribution in [2.24, 2.45) is 0 Å². The summed E-state index contributed by atoms with van der Waals surface area (Å²) in [6, 6.07) is 3.03. The van der Waals surface area contributed by atoms with E-state index < -0.39 is 58.4 Å². The Morgan fingerprint density at radius 3 is 2.15 bits per heavy atom. The van der Waals surface area contributed by atoms with Gasteiger partial charge in [-0.3, -0.25) is 10.2 Å². The molecule has 2 aromatic carbocycles. The lowest BCUT2D eigenvalue weighted by atomic mass is 9.95. The number of ether oxygens (including phenoxy) is 1. The van der Waals surface area contributed by atoms with Gasteiger partial charge >= 0.3 is 18.4 Å². The first-order chi connectivity index (χ1) is 18.0. The third kappa shape index (κ3) is 8.64. The first kappa shape index (κ1) is 32.5. The Balaban J connectivity index is 2.45. The number of nitrogens with zero attached hydrogens (tertiary/aromatic N) is 1. The van der Waals surface area contributed by atoms with Gasteiger partial charge in [0.25, 0.3) is 5.91 Å². The molecule has 0 aromatic heterocycles. The molecule has 5 nitrogen and oxygen atoms in total. The van der Waals surface area contributed by atoms with Crippen molar-refractivity contribution in [3.63, 3.8) is 0 Å². The zero-order chi connectivity index (χ0) is 29.7. The lowest BCUT2D eigenvalue weighted by Crippen LogP contribution is -2.44. The van der Waals surface area contributed by atoms with Gasteiger partial charge in [0.05, 0.1) is 32.8 Å². The van der Waals surface area contributed by atoms with Crippen LogP contribution in [0, 0.1) is 0 Å². The van der Waals surface area contributed by atoms with Gasteiger partial charge in [-0.15, -0.1) is 0 Å². The van der Waals surface area contributed by atoms with Gasteiger partial charge in [-0.25, -0.2) is 14.2 Å². The summed E-state index contributed by atoms with van der Waals surface area (Å²) in [5.41, 5.74) is -2.29. The van der Waals surface area contributed by atoms with Crippen LogP contribution in [0.25, 0.3) is 5.83 Å². The Morgan fingerprint density at radius 1 is 1.05 bits per heavy atom. The molecule has 0 spiro atoms. The molecular weight excluding hydrogens is 604 g/mol. The minimum atomic E-state index is -5.22. The average molecular weight is 624 g/mol. The average Bonchev–Trinajstić information content (AvgIpc) is 2.83. The lowest BCUT2D eigenvalue weighted by molar-refractivity contribution is -0.140. The van der Waals surface area contributed by atoms with E-state index in [1.807, 2.05) is 12.3 Å². The van der Waals surface area contributed by atoms with Crippen LogP contribution in [0.3, 0.4) is 0 Å². The van der Waals surface area contributed by atoms with Crippen molar-refractivity contribution < 1.29 is 45.1 Å². The first-order valence-electron chi connectivity index (χ1n) is 11.0. The summed E-state index contributed by atoms with van der Waals surface area (Å²) >= 11 is 17.3. The summed E-state index contributed by atoms with van der Waals surface area (Å²) in [7, 11) is 1.03. The van der Waals surface area contributed by atoms with Crippen LogP contribution in [0.2, 0.25) is 15.1 Å². The van der Waals surface area contributed by atoms with Gasteiger partial charge in [0.2, 0.25) is 0 Å². The number of halogens is 10. The van der Waals surface area contributed by atoms with Crippen LogP contribution in [0.5, 0.6) is 0 Å². The number of carbonyl (C=O) groups excluding carboxylic acids is 2. The number of hydrogen-bond donors (Lipinski definition) is 1. The third-order valence-electron chi connectivity index (χ3n) is 5.14. The zero-order valence-electron chi connectivity index (χ0n) is 20.1. The lowest BCUT2D eigenvalue weighted by Gasteiger charge is -2.20. The smallest absolute Gasteiger partial charge is 0.428 e. The molecule has 1 N–H and O–H groups in total. The Hall–Kier alpha value is -2.70. The van der Waals surface area contributed by atoms with E-state index in [-0.39, 0.29) is 33.8 Å². The molecule has 0 saturated carbocycles. The van der Waals surface area contributed by atoms with E-state index in [1.165, 1.54) is 0 Å². The fourth-order valence-electron chi connectivity index (χ4n) is 3.16. The van der Waals surface area contributed by atoms with Crippen molar-refractivity contribution in [2.75, 3.05) is 13.7 Å². The second-order valence-corrected chi connectivity index (χ2v) is 9.25. The predicted octanol–water partition coefficient (Wildman–Crippen LogP) is 8.84. The number of benzene rings is 2. The van der Waals surface area contributed by atoms with Crippen molar-refractivity contribution in [1.82, 2.24) is 10.4 Å². The third-order valence-corrected chi connectivity index (χ3v) is 6.34. The van der Waals surface area contributed by atoms with Crippen LogP contribution < -0.4 is 5.43 Å². The maximum atomic E-state index is 15.0. The number of nitrogens with one attached hydrogen (secondary N) is 1. The number of hydrogen-bond acceptors (Lipinski definition) is 3. The largest absolute Gasteiger partial charge is 0.448 e. The number of rotatable bonds is 7. The summed E-state index contributed by atoms with van der Waals surface area (Å²) in [6.45, 7) is 1.84. The summed E-state index contributed by atoms with van der Waals surface area (Å²) in [4.78, 5) is 24.3. The molecule has 2 amide bonds. The van der Waals surface area contributed by atoms with Crippen molar-refractivity contribution in [2.45, 2.75) is 38.0 Å². The van der Waals surface area contributed by atoms with Gasteiger partial charge in [-0.1, -0.05) is 54.2 Å². The van der Waals surface area contributed by atoms with Gasteiger partial charge in [0.15, 0.2) is 0 Å². The van der Waals surface area contributed by atoms with E-state index in [2.05, 4.69) is 0 Å². The van der Waals surface area contributed by atoms with Gasteiger partial charge in [-0.2, -0.15) is 26.3 Å². The monoisotopic (exact) mass is 622 g/mol. The molecule has 2 aromatic rings. The van der Waals surface area contributed by atoms with E-state index in [0.29, 0.717) is 30.0 Å². The highest BCUT2D eigenvalue weighted by molar-refractivity contribution is 6.48. The molecule has 39 heavy (non-hydrogen) atoms. The first-order valence-corrected chi connectivity index (χ1v) is 12.1. The van der Waals surface area contributed by atoms with Crippen LogP contribution in [-0.4, -0.2) is 36.8 Å². The van der Waals surface area contributed by atoms with Crippen LogP contribution in [-0.2, 0) is 10.9 Å². The molecule has 1 atom stereocenters. The molecule has 0 aliphatic carbocycles. The summed E-state index contributed by atoms with van der Waals surface area (Å²) in [5.74, 6) is -5.73. The molecule has 2 rings (SSSR count). The number of alkyl halides is 6. The SMILES string of the molecule is CCCCOC(=O)N(C)NC(=O)c1ccc(C(F)=CC(c2cc(Cl)c(Cl)c(Cl)c2)C(F)(F)F)cc1C(F)(F)F. The van der Waals surface area contributed by atoms with Gasteiger partial charge in [0, 0.05) is 12.6 Å². The van der Waals surface area contributed by atoms with Gasteiger partial charge < -0.3 is 4.74 Å². The molecule has 1 unspecified atom stereocenters. The molecule has 0 bridgehead atoms. The molecule has 0 aliphatic heterocycles. The quantitative estimate of drug-likeness (QED) is 0.145. The van der Waals surface area contributed by atoms with E-state index in [1.54, 1.807) is 0 Å². The van der Waals surface area contributed by atoms with E-state index in [4.69, 9.17) is 39.5 Å². The number of allylic oxidation sites excluding steroid dienone is 1. The van der Waals surface area contributed by atoms with Crippen LogP contribution in [0.15, 0.2) is 36.4 Å². The van der Waals surface area contributed by atoms with Crippen molar-refractivity contribution in [3.8, 4) is 0 Å².